The zero-order valence-electron chi connectivity index (χ0n) is 6.96. The Labute approximate surface area is 81.6 Å². The molecule has 68 valence electrons. The number of hydrogen-bond acceptors (Lipinski definition) is 3. The molecule has 3 nitrogen and oxygen atoms in total. The lowest BCUT2D eigenvalue weighted by molar-refractivity contribution is 0.237. The van der Waals surface area contributed by atoms with Gasteiger partial charge in [0.25, 0.3) is 0 Å². The van der Waals surface area contributed by atoms with E-state index in [0.717, 1.165) is 11.1 Å². The third-order valence-electron chi connectivity index (χ3n) is 2.18. The van der Waals surface area contributed by atoms with Gasteiger partial charge < -0.3 is 15.4 Å². The van der Waals surface area contributed by atoms with Crippen LogP contribution in [0, 0.1) is 0 Å². The molecule has 0 fully saturated rings. The van der Waals surface area contributed by atoms with Gasteiger partial charge in [-0.2, -0.15) is 0 Å². The molecule has 0 aliphatic carbocycles. The lowest BCUT2D eigenvalue weighted by Crippen LogP contribution is -2.27. The second-order valence-electron chi connectivity index (χ2n) is 3.08. The Morgan fingerprint density at radius 3 is 3.08 bits per heavy atom. The first-order chi connectivity index (χ1) is 6.18. The highest BCUT2D eigenvalue weighted by Gasteiger charge is 2.24. The molecule has 0 amide bonds. The fourth-order valence-corrected chi connectivity index (χ4v) is 1.72. The zero-order chi connectivity index (χ0) is 9.42. The van der Waals surface area contributed by atoms with Crippen LogP contribution in [0.2, 0.25) is 5.02 Å². The molecule has 0 saturated carbocycles. The highest BCUT2D eigenvalue weighted by Crippen LogP contribution is 2.30. The Kier molecular flexibility index (Phi) is 2.19. The molecule has 1 aromatic rings. The summed E-state index contributed by atoms with van der Waals surface area (Å²) in [6, 6.07) is 3.63. The van der Waals surface area contributed by atoms with Crippen LogP contribution in [0.3, 0.4) is 0 Å². The van der Waals surface area contributed by atoms with Gasteiger partial charge in [-0.1, -0.05) is 17.7 Å². The lowest BCUT2D eigenvalue weighted by Gasteiger charge is -2.20. The second-order valence-corrected chi connectivity index (χ2v) is 3.45. The van der Waals surface area contributed by atoms with Gasteiger partial charge in [0.15, 0.2) is 0 Å². The highest BCUT2D eigenvalue weighted by atomic mass is 35.5. The monoisotopic (exact) mass is 197 g/mol. The maximum Gasteiger partial charge on any atom is 0.459 e. The molecule has 5 heteroatoms. The molecule has 0 atom stereocenters. The number of fused-ring (bicyclic) bond motifs is 1. The van der Waals surface area contributed by atoms with Crippen LogP contribution in [0.5, 0.6) is 0 Å². The molecule has 2 rings (SSSR count). The van der Waals surface area contributed by atoms with Crippen LogP contribution in [0.15, 0.2) is 12.1 Å². The molecule has 0 unspecified atom stereocenters. The van der Waals surface area contributed by atoms with E-state index in [-0.39, 0.29) is 0 Å². The summed E-state index contributed by atoms with van der Waals surface area (Å²) in [4.78, 5) is 0. The van der Waals surface area contributed by atoms with Gasteiger partial charge in [-0.3, -0.25) is 0 Å². The molecule has 1 heterocycles. The summed E-state index contributed by atoms with van der Waals surface area (Å²) in [6.45, 7) is 0.399. The fourth-order valence-electron chi connectivity index (χ4n) is 1.45. The third-order valence-corrected chi connectivity index (χ3v) is 2.63. The van der Waals surface area contributed by atoms with Crippen LogP contribution in [-0.4, -0.2) is 12.1 Å². The molecular formula is C8H9BClNO2. The van der Waals surface area contributed by atoms with E-state index in [9.17, 15) is 5.02 Å². The molecular weight excluding hydrogens is 188 g/mol. The average Bonchev–Trinajstić information content (AvgIpc) is 2.12. The van der Waals surface area contributed by atoms with Gasteiger partial charge in [-0.25, -0.2) is 0 Å². The van der Waals surface area contributed by atoms with Gasteiger partial charge in [0, 0.05) is 6.32 Å². The van der Waals surface area contributed by atoms with Crippen molar-refractivity contribution in [2.45, 2.75) is 12.9 Å². The predicted octanol–water partition coefficient (Wildman–Crippen LogP) is 1.01. The number of hydrogen-bond donors (Lipinski definition) is 2. The van der Waals surface area contributed by atoms with Gasteiger partial charge in [0.2, 0.25) is 0 Å². The predicted molar refractivity (Wildman–Crippen MR) is 52.3 cm³/mol. The number of benzene rings is 1. The van der Waals surface area contributed by atoms with Crippen molar-refractivity contribution in [3.63, 3.8) is 0 Å². The van der Waals surface area contributed by atoms with Crippen molar-refractivity contribution in [1.82, 2.24) is 0 Å². The molecule has 3 N–H and O–H groups in total. The molecule has 0 aromatic heterocycles. The van der Waals surface area contributed by atoms with Crippen molar-refractivity contribution in [2.24, 2.45) is 0 Å². The first-order valence-electron chi connectivity index (χ1n) is 4.04. The van der Waals surface area contributed by atoms with Crippen molar-refractivity contribution in [2.75, 3.05) is 5.73 Å². The first-order valence-corrected chi connectivity index (χ1v) is 4.41. The standard InChI is InChI=1S/C8H9BClNO2/c10-8-6-3-9(12)13-4-5(6)1-2-7(8)11/h1-2,12H,3-4,11H2. The van der Waals surface area contributed by atoms with Crippen molar-refractivity contribution < 1.29 is 9.68 Å². The summed E-state index contributed by atoms with van der Waals surface area (Å²) in [5, 5.41) is 9.79. The molecule has 13 heavy (non-hydrogen) atoms. The lowest BCUT2D eigenvalue weighted by atomic mass is 9.77. The molecule has 0 radical (unpaired) electrons. The van der Waals surface area contributed by atoms with Gasteiger partial charge in [-0.15, -0.1) is 0 Å². The fraction of sp³-hybridized carbons (Fsp3) is 0.250. The Morgan fingerprint density at radius 1 is 1.54 bits per heavy atom. The van der Waals surface area contributed by atoms with Crippen LogP contribution in [-0.2, 0) is 17.6 Å². The number of anilines is 1. The van der Waals surface area contributed by atoms with Gasteiger partial charge in [-0.05, 0) is 17.2 Å². The minimum Gasteiger partial charge on any atom is -0.427 e. The maximum absolute atomic E-state index is 9.25. The Hall–Kier alpha value is -0.705. The van der Waals surface area contributed by atoms with Crippen LogP contribution in [0.4, 0.5) is 5.69 Å². The van der Waals surface area contributed by atoms with E-state index in [1.165, 1.54) is 0 Å². The number of nitrogens with two attached hydrogens (primary N) is 1. The van der Waals surface area contributed by atoms with Crippen molar-refractivity contribution in [1.29, 1.82) is 0 Å². The molecule has 1 aliphatic heterocycles. The maximum atomic E-state index is 9.25. The van der Waals surface area contributed by atoms with E-state index in [1.54, 1.807) is 6.07 Å². The number of nitrogen functional groups attached to an aromatic ring is 1. The molecule has 1 aromatic carbocycles. The van der Waals surface area contributed by atoms with Crippen LogP contribution < -0.4 is 5.73 Å². The Balaban J connectivity index is 2.48. The Bertz CT molecular complexity index is 345. The smallest absolute Gasteiger partial charge is 0.427 e. The summed E-state index contributed by atoms with van der Waals surface area (Å²) < 4.78 is 5.06. The molecule has 0 spiro atoms. The first kappa shape index (κ1) is 8.87. The van der Waals surface area contributed by atoms with Crippen molar-refractivity contribution in [3.05, 3.63) is 28.3 Å². The van der Waals surface area contributed by atoms with E-state index in [1.807, 2.05) is 6.07 Å². The molecule has 1 aliphatic rings. The Morgan fingerprint density at radius 2 is 2.31 bits per heavy atom. The normalized spacial score (nSPS) is 15.7. The zero-order valence-corrected chi connectivity index (χ0v) is 7.71. The summed E-state index contributed by atoms with van der Waals surface area (Å²) in [6.07, 6.45) is 0.416. The highest BCUT2D eigenvalue weighted by molar-refractivity contribution is 6.43. The van der Waals surface area contributed by atoms with E-state index < -0.39 is 7.12 Å². The van der Waals surface area contributed by atoms with Gasteiger partial charge >= 0.3 is 7.12 Å². The van der Waals surface area contributed by atoms with Crippen molar-refractivity contribution >= 4 is 24.4 Å². The SMILES string of the molecule is Nc1ccc2c(c1Cl)CB(O)OC2. The quantitative estimate of drug-likeness (QED) is 0.482. The van der Waals surface area contributed by atoms with E-state index >= 15 is 0 Å². The van der Waals surface area contributed by atoms with Crippen LogP contribution in [0.1, 0.15) is 11.1 Å². The number of halogens is 1. The van der Waals surface area contributed by atoms with Gasteiger partial charge in [0.05, 0.1) is 17.3 Å². The summed E-state index contributed by atoms with van der Waals surface area (Å²) >= 11 is 5.98. The average molecular weight is 197 g/mol. The number of rotatable bonds is 0. The van der Waals surface area contributed by atoms with E-state index in [0.29, 0.717) is 23.6 Å². The van der Waals surface area contributed by atoms with Crippen LogP contribution in [0.25, 0.3) is 0 Å². The van der Waals surface area contributed by atoms with E-state index in [2.05, 4.69) is 0 Å². The minimum atomic E-state index is -0.758. The van der Waals surface area contributed by atoms with Crippen LogP contribution >= 0.6 is 11.6 Å². The van der Waals surface area contributed by atoms with Gasteiger partial charge in [0.1, 0.15) is 0 Å². The summed E-state index contributed by atoms with van der Waals surface area (Å²) in [5.74, 6) is 0. The van der Waals surface area contributed by atoms with E-state index in [4.69, 9.17) is 22.0 Å². The topological polar surface area (TPSA) is 55.5 Å². The third kappa shape index (κ3) is 1.53. The second kappa shape index (κ2) is 3.22. The largest absolute Gasteiger partial charge is 0.459 e. The summed E-state index contributed by atoms with van der Waals surface area (Å²) in [7, 11) is -0.758. The molecule has 0 saturated heterocycles. The molecule has 0 bridgehead atoms. The van der Waals surface area contributed by atoms with Crippen molar-refractivity contribution in [3.8, 4) is 0 Å². The minimum absolute atomic E-state index is 0.399. The summed E-state index contributed by atoms with van der Waals surface area (Å²) in [5.41, 5.74) is 8.09.